The summed E-state index contributed by atoms with van der Waals surface area (Å²) in [5.74, 6) is -0.317. The lowest BCUT2D eigenvalue weighted by Gasteiger charge is -2.24. The van der Waals surface area contributed by atoms with Crippen LogP contribution in [0.1, 0.15) is 194 Å². The van der Waals surface area contributed by atoms with Crippen molar-refractivity contribution in [2.75, 3.05) is 54.1 Å². The number of unbranched alkanes of at least 4 members (excludes halogenated alkanes) is 23. The van der Waals surface area contributed by atoms with E-state index in [1.807, 2.05) is 21.1 Å². The summed E-state index contributed by atoms with van der Waals surface area (Å²) >= 11 is 0. The quantitative estimate of drug-likeness (QED) is 0.0217. The van der Waals surface area contributed by atoms with Crippen LogP contribution in [0.5, 0.6) is 0 Å². The van der Waals surface area contributed by atoms with Gasteiger partial charge >= 0.3 is 13.8 Å². The van der Waals surface area contributed by atoms with Crippen LogP contribution in [0.3, 0.4) is 0 Å². The van der Waals surface area contributed by atoms with E-state index in [1.54, 1.807) is 0 Å². The van der Waals surface area contributed by atoms with Gasteiger partial charge in [0.2, 0.25) is 0 Å². The summed E-state index contributed by atoms with van der Waals surface area (Å²) in [5.41, 5.74) is 0. The first-order valence-electron chi connectivity index (χ1n) is 22.1. The monoisotopic (exact) mass is 773 g/mol. The molecule has 0 heterocycles. The maximum atomic E-state index is 12.6. The average Bonchev–Trinajstić information content (AvgIpc) is 3.11. The van der Waals surface area contributed by atoms with Gasteiger partial charge in [-0.1, -0.05) is 167 Å². The molecule has 0 amide bonds. The summed E-state index contributed by atoms with van der Waals surface area (Å²) in [6, 6.07) is 0. The van der Waals surface area contributed by atoms with Crippen molar-refractivity contribution in [1.82, 2.24) is 0 Å². The molecule has 53 heavy (non-hydrogen) atoms. The Kier molecular flexibility index (Phi) is 37.2. The first-order valence-corrected chi connectivity index (χ1v) is 23.6. The molecule has 0 aromatic heterocycles. The number of carbonyl (C=O) groups excluding carboxylic acids is 1. The maximum absolute atomic E-state index is 12.6. The van der Waals surface area contributed by atoms with Crippen LogP contribution in [0, 0.1) is 0 Å². The van der Waals surface area contributed by atoms with E-state index in [9.17, 15) is 14.3 Å². The number of nitrogens with zero attached hydrogens (tertiary/aromatic N) is 1. The molecule has 0 aromatic rings. The first kappa shape index (κ1) is 52.0. The molecular formula is C44H87NO7P+. The third kappa shape index (κ3) is 42.0. The molecule has 0 radical (unpaired) electrons. The van der Waals surface area contributed by atoms with Gasteiger partial charge in [-0.2, -0.15) is 0 Å². The zero-order valence-corrected chi connectivity index (χ0v) is 36.4. The molecule has 2 atom stereocenters. The van der Waals surface area contributed by atoms with Gasteiger partial charge in [-0.15, -0.1) is 0 Å². The number of quaternary nitrogens is 1. The topological polar surface area (TPSA) is 91.3 Å². The molecule has 8 nitrogen and oxygen atoms in total. The van der Waals surface area contributed by atoms with Gasteiger partial charge in [-0.05, 0) is 44.9 Å². The Bertz CT molecular complexity index is 905. The zero-order valence-electron chi connectivity index (χ0n) is 35.5. The molecule has 9 heteroatoms. The number of ether oxygens (including phenoxy) is 2. The summed E-state index contributed by atoms with van der Waals surface area (Å²) in [5, 5.41) is 0. The van der Waals surface area contributed by atoms with Crippen LogP contribution in [0.15, 0.2) is 24.3 Å². The van der Waals surface area contributed by atoms with Crippen molar-refractivity contribution in [2.24, 2.45) is 0 Å². The fourth-order valence-corrected chi connectivity index (χ4v) is 6.79. The lowest BCUT2D eigenvalue weighted by Crippen LogP contribution is -2.37. The van der Waals surface area contributed by atoms with Gasteiger partial charge < -0.3 is 18.9 Å². The van der Waals surface area contributed by atoms with Crippen molar-refractivity contribution in [2.45, 2.75) is 200 Å². The van der Waals surface area contributed by atoms with Gasteiger partial charge in [0, 0.05) is 13.0 Å². The first-order chi connectivity index (χ1) is 25.6. The van der Waals surface area contributed by atoms with Crippen LogP contribution in [0.25, 0.3) is 0 Å². The Labute approximate surface area is 328 Å². The van der Waals surface area contributed by atoms with Crippen LogP contribution in [-0.4, -0.2) is 75.6 Å². The highest BCUT2D eigenvalue weighted by Gasteiger charge is 2.26. The Morgan fingerprint density at radius 3 is 1.53 bits per heavy atom. The molecule has 314 valence electrons. The van der Waals surface area contributed by atoms with Crippen LogP contribution in [-0.2, 0) is 27.9 Å². The summed E-state index contributed by atoms with van der Waals surface area (Å²) in [6.45, 7) is 5.60. The Morgan fingerprint density at radius 2 is 1.04 bits per heavy atom. The highest BCUT2D eigenvalue weighted by Crippen LogP contribution is 2.43. The lowest BCUT2D eigenvalue weighted by atomic mass is 10.1. The number of hydrogen-bond donors (Lipinski definition) is 1. The van der Waals surface area contributed by atoms with Gasteiger partial charge in [0.05, 0.1) is 34.4 Å². The second-order valence-corrected chi connectivity index (χ2v) is 17.5. The molecule has 0 rings (SSSR count). The molecule has 0 aliphatic rings. The predicted octanol–water partition coefficient (Wildman–Crippen LogP) is 12.8. The van der Waals surface area contributed by atoms with Gasteiger partial charge in [-0.25, -0.2) is 4.57 Å². The summed E-state index contributed by atoms with van der Waals surface area (Å²) in [6.07, 6.45) is 42.2. The molecule has 0 spiro atoms. The third-order valence-electron chi connectivity index (χ3n) is 9.52. The highest BCUT2D eigenvalue weighted by atomic mass is 31.2. The molecule has 0 aliphatic carbocycles. The van der Waals surface area contributed by atoms with E-state index >= 15 is 0 Å². The van der Waals surface area contributed by atoms with Crippen molar-refractivity contribution in [3.63, 3.8) is 0 Å². The fraction of sp³-hybridized carbons (Fsp3) is 0.886. The molecule has 1 N–H and O–H groups in total. The van der Waals surface area contributed by atoms with Crippen molar-refractivity contribution in [1.29, 1.82) is 0 Å². The largest absolute Gasteiger partial charge is 0.472 e. The number of carbonyl (C=O) groups is 1. The average molecular weight is 773 g/mol. The Hall–Kier alpha value is -1.02. The minimum Gasteiger partial charge on any atom is -0.457 e. The zero-order chi connectivity index (χ0) is 39.1. The number of esters is 1. The van der Waals surface area contributed by atoms with Crippen molar-refractivity contribution in [3.8, 4) is 0 Å². The fourth-order valence-electron chi connectivity index (χ4n) is 6.05. The van der Waals surface area contributed by atoms with Crippen LogP contribution in [0.2, 0.25) is 0 Å². The number of likely N-dealkylation sites (N-methyl/N-ethyl adjacent to an activating group) is 1. The van der Waals surface area contributed by atoms with Crippen molar-refractivity contribution >= 4 is 13.8 Å². The number of rotatable bonds is 41. The molecule has 0 fully saturated rings. The summed E-state index contributed by atoms with van der Waals surface area (Å²) in [7, 11) is 1.67. The maximum Gasteiger partial charge on any atom is 0.472 e. The molecule has 0 aliphatic heterocycles. The minimum atomic E-state index is -4.27. The molecule has 0 aromatic carbocycles. The highest BCUT2D eigenvalue weighted by molar-refractivity contribution is 7.47. The predicted molar refractivity (Wildman–Crippen MR) is 224 cm³/mol. The molecule has 0 bridgehead atoms. The summed E-state index contributed by atoms with van der Waals surface area (Å²) < 4.78 is 34.9. The number of phosphoric ester groups is 1. The molecular weight excluding hydrogens is 685 g/mol. The lowest BCUT2D eigenvalue weighted by molar-refractivity contribution is -0.870. The standard InChI is InChI=1S/C44H86NO7P/c1-6-8-10-12-14-16-17-18-19-20-21-22-23-24-25-26-27-28-30-32-34-36-39-49-41-43(42-51-53(47,48)50-40-38-45(3,4)5)52-44(46)37-35-33-31-29-15-13-11-9-7-2/h17-18,20-21,43H,6-16,19,22-42H2,1-5H3/p+1/b18-17-,21-20-. The number of phosphoric acid groups is 1. The van der Waals surface area contributed by atoms with E-state index in [1.165, 1.54) is 135 Å². The van der Waals surface area contributed by atoms with Crippen molar-refractivity contribution in [3.05, 3.63) is 24.3 Å². The van der Waals surface area contributed by atoms with Crippen LogP contribution in [0.4, 0.5) is 0 Å². The van der Waals surface area contributed by atoms with Gasteiger partial charge in [0.25, 0.3) is 0 Å². The molecule has 2 unspecified atom stereocenters. The third-order valence-corrected chi connectivity index (χ3v) is 10.5. The normalized spacial score (nSPS) is 14.0. The molecule has 0 saturated heterocycles. The molecule has 0 saturated carbocycles. The van der Waals surface area contributed by atoms with Gasteiger partial charge in [0.1, 0.15) is 19.3 Å². The Balaban J connectivity index is 4.09. The van der Waals surface area contributed by atoms with E-state index < -0.39 is 13.9 Å². The number of hydrogen-bond acceptors (Lipinski definition) is 6. The van der Waals surface area contributed by atoms with E-state index in [4.69, 9.17) is 18.5 Å². The number of allylic oxidation sites excluding steroid dienone is 4. The smallest absolute Gasteiger partial charge is 0.457 e. The Morgan fingerprint density at radius 1 is 0.585 bits per heavy atom. The SMILES string of the molecule is CCCCCCC/C=C\C/C=C\CCCCCCCCCCCCOCC(COP(=O)(O)OCC[N+](C)(C)C)OC(=O)CCCCCCCCCCC. The second kappa shape index (κ2) is 37.9. The van der Waals surface area contributed by atoms with Gasteiger partial charge in [-0.3, -0.25) is 13.8 Å². The van der Waals surface area contributed by atoms with Crippen molar-refractivity contribution < 1.29 is 37.3 Å². The minimum absolute atomic E-state index is 0.0898. The summed E-state index contributed by atoms with van der Waals surface area (Å²) in [4.78, 5) is 22.8. The van der Waals surface area contributed by atoms with E-state index in [2.05, 4.69) is 38.2 Å². The van der Waals surface area contributed by atoms with Crippen LogP contribution < -0.4 is 0 Å². The van der Waals surface area contributed by atoms with Crippen LogP contribution >= 0.6 is 7.82 Å². The van der Waals surface area contributed by atoms with E-state index in [0.29, 0.717) is 24.1 Å². The van der Waals surface area contributed by atoms with E-state index in [-0.39, 0.29) is 25.8 Å². The van der Waals surface area contributed by atoms with Gasteiger partial charge in [0.15, 0.2) is 0 Å². The second-order valence-electron chi connectivity index (χ2n) is 16.1. The van der Waals surface area contributed by atoms with E-state index in [0.717, 1.165) is 38.5 Å².